The van der Waals surface area contributed by atoms with Gasteiger partial charge in [0.15, 0.2) is 5.78 Å². The fourth-order valence-electron chi connectivity index (χ4n) is 4.30. The summed E-state index contributed by atoms with van der Waals surface area (Å²) in [7, 11) is -3.67. The standard InChI is InChI=1S/C24H31N5O4S/c1-19(30)21-5-7-22(8-6-21)34(32,33)29-15-13-28(14-16-29)24(31)26-18-20-9-10-25-23(17-20)27-11-3-2-4-12-27/h5-10,17H,2-4,11-16,18H2,1H3,(H,26,31). The number of nitrogens with one attached hydrogen (secondary N) is 1. The summed E-state index contributed by atoms with van der Waals surface area (Å²) in [5.74, 6) is 0.833. The van der Waals surface area contributed by atoms with Gasteiger partial charge in [0, 0.05) is 57.6 Å². The molecule has 0 bridgehead atoms. The molecule has 1 N–H and O–H groups in total. The van der Waals surface area contributed by atoms with Crippen molar-refractivity contribution in [1.82, 2.24) is 19.5 Å². The van der Waals surface area contributed by atoms with Crippen LogP contribution in [0.1, 0.15) is 42.1 Å². The molecular formula is C24H31N5O4S. The number of urea groups is 1. The van der Waals surface area contributed by atoms with E-state index in [0.29, 0.717) is 25.2 Å². The minimum absolute atomic E-state index is 0.113. The number of aromatic nitrogens is 1. The number of rotatable bonds is 6. The highest BCUT2D eigenvalue weighted by Gasteiger charge is 2.30. The van der Waals surface area contributed by atoms with Crippen LogP contribution < -0.4 is 10.2 Å². The van der Waals surface area contributed by atoms with Crippen molar-refractivity contribution in [3.05, 3.63) is 53.7 Å². The summed E-state index contributed by atoms with van der Waals surface area (Å²) < 4.78 is 27.2. The van der Waals surface area contributed by atoms with Gasteiger partial charge in [-0.05, 0) is 56.0 Å². The van der Waals surface area contributed by atoms with Gasteiger partial charge >= 0.3 is 6.03 Å². The van der Waals surface area contributed by atoms with E-state index in [1.54, 1.807) is 11.1 Å². The number of benzene rings is 1. The van der Waals surface area contributed by atoms with Gasteiger partial charge in [-0.15, -0.1) is 0 Å². The number of anilines is 1. The SMILES string of the molecule is CC(=O)c1ccc(S(=O)(=O)N2CCN(C(=O)NCc3ccnc(N4CCCCC4)c3)CC2)cc1. The Kier molecular flexibility index (Phi) is 7.47. The zero-order valence-corrected chi connectivity index (χ0v) is 20.3. The number of ketones is 1. The number of carbonyl (C=O) groups excluding carboxylic acids is 2. The van der Waals surface area contributed by atoms with Gasteiger partial charge < -0.3 is 15.1 Å². The molecule has 2 aromatic rings. The van der Waals surface area contributed by atoms with E-state index < -0.39 is 10.0 Å². The average Bonchev–Trinajstić information content (AvgIpc) is 2.88. The third-order valence-corrected chi connectivity index (χ3v) is 8.27. The summed E-state index contributed by atoms with van der Waals surface area (Å²) in [6, 6.07) is 9.67. The summed E-state index contributed by atoms with van der Waals surface area (Å²) in [5, 5.41) is 2.94. The monoisotopic (exact) mass is 485 g/mol. The lowest BCUT2D eigenvalue weighted by atomic mass is 10.1. The van der Waals surface area contributed by atoms with E-state index in [1.807, 2.05) is 12.1 Å². The molecule has 2 aliphatic heterocycles. The number of amides is 2. The summed E-state index contributed by atoms with van der Waals surface area (Å²) in [4.78, 5) is 32.6. The van der Waals surface area contributed by atoms with E-state index in [9.17, 15) is 18.0 Å². The topological polar surface area (TPSA) is 103 Å². The lowest BCUT2D eigenvalue weighted by Crippen LogP contribution is -2.52. The maximum Gasteiger partial charge on any atom is 0.317 e. The molecule has 4 rings (SSSR count). The summed E-state index contributed by atoms with van der Waals surface area (Å²) in [6.07, 6.45) is 5.38. The van der Waals surface area contributed by atoms with Crippen LogP contribution in [-0.2, 0) is 16.6 Å². The summed E-state index contributed by atoms with van der Waals surface area (Å²) in [5.41, 5.74) is 1.46. The van der Waals surface area contributed by atoms with Crippen molar-refractivity contribution >= 4 is 27.7 Å². The fraction of sp³-hybridized carbons (Fsp3) is 0.458. The zero-order valence-electron chi connectivity index (χ0n) is 19.4. The molecule has 9 nitrogen and oxygen atoms in total. The van der Waals surface area contributed by atoms with Gasteiger partial charge in [0.1, 0.15) is 5.82 Å². The van der Waals surface area contributed by atoms with Crippen LogP contribution in [0.25, 0.3) is 0 Å². The molecule has 0 radical (unpaired) electrons. The number of hydrogen-bond acceptors (Lipinski definition) is 6. The van der Waals surface area contributed by atoms with Crippen LogP contribution in [0.5, 0.6) is 0 Å². The predicted molar refractivity (Wildman–Crippen MR) is 129 cm³/mol. The van der Waals surface area contributed by atoms with Gasteiger partial charge in [-0.3, -0.25) is 4.79 Å². The Morgan fingerprint density at radius 3 is 2.26 bits per heavy atom. The summed E-state index contributed by atoms with van der Waals surface area (Å²) >= 11 is 0. The molecule has 1 aromatic carbocycles. The lowest BCUT2D eigenvalue weighted by molar-refractivity contribution is 0.101. The maximum atomic E-state index is 12.9. The predicted octanol–water partition coefficient (Wildman–Crippen LogP) is 2.49. The largest absolute Gasteiger partial charge is 0.357 e. The average molecular weight is 486 g/mol. The number of nitrogens with zero attached hydrogens (tertiary/aromatic N) is 4. The van der Waals surface area contributed by atoms with Crippen molar-refractivity contribution in [3.63, 3.8) is 0 Å². The fourth-order valence-corrected chi connectivity index (χ4v) is 5.72. The van der Waals surface area contributed by atoms with Crippen LogP contribution in [0, 0.1) is 0 Å². The van der Waals surface area contributed by atoms with Crippen molar-refractivity contribution in [2.45, 2.75) is 37.6 Å². The highest BCUT2D eigenvalue weighted by Crippen LogP contribution is 2.20. The second-order valence-electron chi connectivity index (χ2n) is 8.70. The Hall–Kier alpha value is -2.98. The van der Waals surface area contributed by atoms with E-state index in [0.717, 1.165) is 24.5 Å². The van der Waals surface area contributed by atoms with Gasteiger partial charge in [0.2, 0.25) is 10.0 Å². The van der Waals surface area contributed by atoms with E-state index in [2.05, 4.69) is 15.2 Å². The van der Waals surface area contributed by atoms with Crippen molar-refractivity contribution in [2.24, 2.45) is 0 Å². The Bertz CT molecular complexity index is 1120. The molecule has 182 valence electrons. The quantitative estimate of drug-likeness (QED) is 0.631. The highest BCUT2D eigenvalue weighted by molar-refractivity contribution is 7.89. The number of piperazine rings is 1. The van der Waals surface area contributed by atoms with E-state index in [-0.39, 0.29) is 29.8 Å². The van der Waals surface area contributed by atoms with Crippen LogP contribution in [0.2, 0.25) is 0 Å². The molecule has 1 aromatic heterocycles. The Labute approximate surface area is 200 Å². The Morgan fingerprint density at radius 1 is 0.941 bits per heavy atom. The van der Waals surface area contributed by atoms with Crippen LogP contribution >= 0.6 is 0 Å². The Balaban J connectivity index is 1.29. The first-order chi connectivity index (χ1) is 16.3. The maximum absolute atomic E-state index is 12.9. The molecular weight excluding hydrogens is 454 g/mol. The lowest BCUT2D eigenvalue weighted by Gasteiger charge is -2.34. The number of sulfonamides is 1. The first-order valence-electron chi connectivity index (χ1n) is 11.7. The molecule has 0 saturated carbocycles. The van der Waals surface area contributed by atoms with E-state index >= 15 is 0 Å². The van der Waals surface area contributed by atoms with Gasteiger partial charge in [-0.1, -0.05) is 12.1 Å². The molecule has 2 saturated heterocycles. The van der Waals surface area contributed by atoms with Crippen molar-refractivity contribution < 1.29 is 18.0 Å². The molecule has 3 heterocycles. The van der Waals surface area contributed by atoms with Gasteiger partial charge in [-0.2, -0.15) is 4.31 Å². The minimum Gasteiger partial charge on any atom is -0.357 e. The number of pyridine rings is 1. The third-order valence-electron chi connectivity index (χ3n) is 6.36. The first-order valence-corrected chi connectivity index (χ1v) is 13.1. The number of hydrogen-bond donors (Lipinski definition) is 1. The van der Waals surface area contributed by atoms with Crippen LogP contribution in [0.4, 0.5) is 10.6 Å². The second-order valence-corrected chi connectivity index (χ2v) is 10.6. The number of piperidine rings is 1. The molecule has 2 amide bonds. The molecule has 10 heteroatoms. The smallest absolute Gasteiger partial charge is 0.317 e. The first kappa shape index (κ1) is 24.2. The number of Topliss-reactive ketones (excluding diaryl/α,β-unsaturated/α-hetero) is 1. The van der Waals surface area contributed by atoms with Gasteiger partial charge in [0.05, 0.1) is 4.90 Å². The molecule has 2 fully saturated rings. The second kappa shape index (κ2) is 10.5. The molecule has 0 atom stereocenters. The van der Waals surface area contributed by atoms with Crippen LogP contribution in [-0.4, -0.2) is 73.7 Å². The zero-order chi connectivity index (χ0) is 24.1. The number of carbonyl (C=O) groups is 2. The third kappa shape index (κ3) is 5.56. The van der Waals surface area contributed by atoms with E-state index in [4.69, 9.17) is 0 Å². The summed E-state index contributed by atoms with van der Waals surface area (Å²) in [6.45, 7) is 4.92. The van der Waals surface area contributed by atoms with Crippen molar-refractivity contribution in [2.75, 3.05) is 44.2 Å². The Morgan fingerprint density at radius 2 is 1.62 bits per heavy atom. The van der Waals surface area contributed by atoms with Crippen molar-refractivity contribution in [3.8, 4) is 0 Å². The molecule has 34 heavy (non-hydrogen) atoms. The molecule has 0 unspecified atom stereocenters. The molecule has 0 spiro atoms. The molecule has 0 aliphatic carbocycles. The normalized spacial score (nSPS) is 17.4. The minimum atomic E-state index is -3.67. The van der Waals surface area contributed by atoms with Crippen LogP contribution in [0.15, 0.2) is 47.5 Å². The highest BCUT2D eigenvalue weighted by atomic mass is 32.2. The van der Waals surface area contributed by atoms with Crippen LogP contribution in [0.3, 0.4) is 0 Å². The van der Waals surface area contributed by atoms with Gasteiger partial charge in [0.25, 0.3) is 0 Å². The molecule has 2 aliphatic rings. The van der Waals surface area contributed by atoms with Gasteiger partial charge in [-0.25, -0.2) is 18.2 Å². The van der Waals surface area contributed by atoms with E-state index in [1.165, 1.54) is 54.8 Å². The van der Waals surface area contributed by atoms with Crippen molar-refractivity contribution in [1.29, 1.82) is 0 Å².